The summed E-state index contributed by atoms with van der Waals surface area (Å²) in [6.45, 7) is 1.79. The molecular weight excluding hydrogens is 459 g/mol. The summed E-state index contributed by atoms with van der Waals surface area (Å²) in [5.41, 5.74) is -0.174. The smallest absolute Gasteiger partial charge is 0.352 e. The van der Waals surface area contributed by atoms with Crippen LogP contribution in [0.5, 0.6) is 0 Å². The largest absolute Gasteiger partial charge is 0.435 e. The lowest BCUT2D eigenvalue weighted by Gasteiger charge is -2.09. The number of carbonyl (C=O) groups excluding carboxylic acids is 1. The van der Waals surface area contributed by atoms with Crippen molar-refractivity contribution in [2.75, 3.05) is 6.54 Å². The molecule has 0 saturated heterocycles. The number of nitrogens with one attached hydrogen (secondary N) is 1. The van der Waals surface area contributed by atoms with Crippen molar-refractivity contribution in [1.29, 1.82) is 0 Å². The summed E-state index contributed by atoms with van der Waals surface area (Å²) >= 11 is 0. The zero-order valence-electron chi connectivity index (χ0n) is 17.9. The predicted octanol–water partition coefficient (Wildman–Crippen LogP) is 4.68. The SMILES string of the molecule is Cc1cc(C(F)(F)F)nn1CCCNC(=O)c1cnn2c(C(F)F)cc(-c3ccccc3)nc12. The third-order valence-corrected chi connectivity index (χ3v) is 5.14. The van der Waals surface area contributed by atoms with E-state index in [9.17, 15) is 26.7 Å². The van der Waals surface area contributed by atoms with Gasteiger partial charge in [-0.15, -0.1) is 0 Å². The van der Waals surface area contributed by atoms with Crippen molar-refractivity contribution in [3.63, 3.8) is 0 Å². The van der Waals surface area contributed by atoms with E-state index in [2.05, 4.69) is 20.5 Å². The molecule has 0 atom stereocenters. The second kappa shape index (κ2) is 9.20. The van der Waals surface area contributed by atoms with Gasteiger partial charge in [0, 0.05) is 24.3 Å². The maximum absolute atomic E-state index is 13.7. The van der Waals surface area contributed by atoms with E-state index in [0.717, 1.165) is 16.8 Å². The number of aromatic nitrogens is 5. The number of hydrogen-bond acceptors (Lipinski definition) is 4. The number of nitrogens with zero attached hydrogens (tertiary/aromatic N) is 5. The van der Waals surface area contributed by atoms with Crippen LogP contribution in [0.25, 0.3) is 16.9 Å². The third kappa shape index (κ3) is 4.75. The number of benzene rings is 1. The van der Waals surface area contributed by atoms with Gasteiger partial charge >= 0.3 is 6.18 Å². The fourth-order valence-electron chi connectivity index (χ4n) is 3.46. The topological polar surface area (TPSA) is 77.1 Å². The summed E-state index contributed by atoms with van der Waals surface area (Å²) < 4.78 is 67.8. The van der Waals surface area contributed by atoms with E-state index in [4.69, 9.17) is 0 Å². The Kier molecular flexibility index (Phi) is 6.31. The van der Waals surface area contributed by atoms with Crippen LogP contribution >= 0.6 is 0 Å². The van der Waals surface area contributed by atoms with Crippen molar-refractivity contribution in [2.24, 2.45) is 0 Å². The van der Waals surface area contributed by atoms with E-state index in [1.165, 1.54) is 17.7 Å². The van der Waals surface area contributed by atoms with Crippen molar-refractivity contribution in [3.05, 3.63) is 71.3 Å². The van der Waals surface area contributed by atoms with E-state index in [1.807, 2.05) is 0 Å². The van der Waals surface area contributed by atoms with Crippen LogP contribution in [0, 0.1) is 6.92 Å². The molecule has 0 aliphatic heterocycles. The molecule has 3 aromatic heterocycles. The Bertz CT molecular complexity index is 1310. The molecule has 1 aromatic carbocycles. The number of fused-ring (bicyclic) bond motifs is 1. The van der Waals surface area contributed by atoms with Crippen LogP contribution in [0.4, 0.5) is 22.0 Å². The molecule has 178 valence electrons. The Balaban J connectivity index is 1.50. The first-order valence-corrected chi connectivity index (χ1v) is 10.3. The first kappa shape index (κ1) is 23.3. The Labute approximate surface area is 190 Å². The summed E-state index contributed by atoms with van der Waals surface area (Å²) in [6, 6.07) is 10.9. The number of carbonyl (C=O) groups is 1. The lowest BCUT2D eigenvalue weighted by molar-refractivity contribution is -0.141. The van der Waals surface area contributed by atoms with Crippen molar-refractivity contribution < 1.29 is 26.7 Å². The molecule has 7 nitrogen and oxygen atoms in total. The van der Waals surface area contributed by atoms with Gasteiger partial charge in [0.1, 0.15) is 11.3 Å². The molecule has 4 aromatic rings. The molecule has 4 rings (SSSR count). The van der Waals surface area contributed by atoms with Crippen molar-refractivity contribution in [1.82, 2.24) is 29.7 Å². The normalized spacial score (nSPS) is 12.0. The highest BCUT2D eigenvalue weighted by molar-refractivity contribution is 5.99. The van der Waals surface area contributed by atoms with Crippen LogP contribution in [-0.4, -0.2) is 36.8 Å². The lowest BCUT2D eigenvalue weighted by atomic mass is 10.1. The minimum atomic E-state index is -4.53. The quantitative estimate of drug-likeness (QED) is 0.309. The van der Waals surface area contributed by atoms with E-state index < -0.39 is 29.9 Å². The van der Waals surface area contributed by atoms with Crippen LogP contribution in [0.15, 0.2) is 48.7 Å². The second-order valence-electron chi connectivity index (χ2n) is 7.53. The summed E-state index contributed by atoms with van der Waals surface area (Å²) in [7, 11) is 0. The highest BCUT2D eigenvalue weighted by Gasteiger charge is 2.34. The molecule has 0 aliphatic rings. The molecular formula is C22H19F5N6O. The summed E-state index contributed by atoms with van der Waals surface area (Å²) in [5.74, 6) is -0.582. The number of halogens is 5. The van der Waals surface area contributed by atoms with Gasteiger partial charge < -0.3 is 5.32 Å². The molecule has 1 N–H and O–H groups in total. The highest BCUT2D eigenvalue weighted by Crippen LogP contribution is 2.29. The fourth-order valence-corrected chi connectivity index (χ4v) is 3.46. The molecule has 0 fully saturated rings. The first-order chi connectivity index (χ1) is 16.1. The predicted molar refractivity (Wildman–Crippen MR) is 112 cm³/mol. The number of alkyl halides is 5. The first-order valence-electron chi connectivity index (χ1n) is 10.3. The molecule has 0 saturated carbocycles. The average Bonchev–Trinajstić information content (AvgIpc) is 3.40. The van der Waals surface area contributed by atoms with Crippen molar-refractivity contribution in [3.8, 4) is 11.3 Å². The summed E-state index contributed by atoms with van der Waals surface area (Å²) in [6.07, 6.45) is -5.92. The van der Waals surface area contributed by atoms with Gasteiger partial charge in [-0.05, 0) is 25.5 Å². The van der Waals surface area contributed by atoms with E-state index in [-0.39, 0.29) is 30.0 Å². The number of aryl methyl sites for hydroxylation is 2. The van der Waals surface area contributed by atoms with Crippen LogP contribution in [-0.2, 0) is 12.7 Å². The number of rotatable bonds is 7. The molecule has 12 heteroatoms. The molecule has 0 unspecified atom stereocenters. The van der Waals surface area contributed by atoms with Crippen molar-refractivity contribution in [2.45, 2.75) is 32.5 Å². The zero-order valence-corrected chi connectivity index (χ0v) is 17.9. The Morgan fingerprint density at radius 2 is 1.88 bits per heavy atom. The molecule has 0 aliphatic carbocycles. The standard InChI is InChI=1S/C22H19F5N6O/c1-13-10-18(22(25,26)27)31-32(13)9-5-8-28-21(34)15-12-29-33-17(19(23)24)11-16(30-20(15)33)14-6-3-2-4-7-14/h2-4,6-7,10-12,19H,5,8-9H2,1H3,(H,28,34). The molecule has 0 spiro atoms. The van der Waals surface area contributed by atoms with E-state index in [1.54, 1.807) is 30.3 Å². The van der Waals surface area contributed by atoms with Gasteiger partial charge in [-0.3, -0.25) is 9.48 Å². The molecule has 3 heterocycles. The van der Waals surface area contributed by atoms with Crippen LogP contribution in [0.3, 0.4) is 0 Å². The van der Waals surface area contributed by atoms with Gasteiger partial charge in [0.25, 0.3) is 12.3 Å². The van der Waals surface area contributed by atoms with Gasteiger partial charge in [-0.1, -0.05) is 30.3 Å². The lowest BCUT2D eigenvalue weighted by Crippen LogP contribution is -2.25. The van der Waals surface area contributed by atoms with E-state index >= 15 is 0 Å². The molecule has 0 bridgehead atoms. The highest BCUT2D eigenvalue weighted by atomic mass is 19.4. The second-order valence-corrected chi connectivity index (χ2v) is 7.53. The molecule has 34 heavy (non-hydrogen) atoms. The summed E-state index contributed by atoms with van der Waals surface area (Å²) in [5, 5.41) is 10.1. The molecule has 1 amide bonds. The Morgan fingerprint density at radius 1 is 1.15 bits per heavy atom. The number of hydrogen-bond donors (Lipinski definition) is 1. The van der Waals surface area contributed by atoms with Gasteiger partial charge in [-0.25, -0.2) is 18.3 Å². The van der Waals surface area contributed by atoms with Gasteiger partial charge in [-0.2, -0.15) is 23.4 Å². The van der Waals surface area contributed by atoms with Crippen molar-refractivity contribution >= 4 is 11.6 Å². The van der Waals surface area contributed by atoms with Gasteiger partial charge in [0.05, 0.1) is 11.9 Å². The van der Waals surface area contributed by atoms with E-state index in [0.29, 0.717) is 17.7 Å². The zero-order chi connectivity index (χ0) is 24.5. The number of amides is 1. The van der Waals surface area contributed by atoms with Crippen LogP contribution < -0.4 is 5.32 Å². The summed E-state index contributed by atoms with van der Waals surface area (Å²) in [4.78, 5) is 17.1. The Morgan fingerprint density at radius 3 is 2.53 bits per heavy atom. The minimum Gasteiger partial charge on any atom is -0.352 e. The van der Waals surface area contributed by atoms with Crippen LogP contribution in [0.2, 0.25) is 0 Å². The minimum absolute atomic E-state index is 0.00862. The fraction of sp³-hybridized carbons (Fsp3) is 0.273. The maximum Gasteiger partial charge on any atom is 0.435 e. The monoisotopic (exact) mass is 478 g/mol. The Hall–Kier alpha value is -3.83. The van der Waals surface area contributed by atoms with Gasteiger partial charge in [0.15, 0.2) is 11.3 Å². The average molecular weight is 478 g/mol. The third-order valence-electron chi connectivity index (χ3n) is 5.14. The van der Waals surface area contributed by atoms with Crippen LogP contribution in [0.1, 0.15) is 40.3 Å². The maximum atomic E-state index is 13.7. The van der Waals surface area contributed by atoms with Gasteiger partial charge in [0.2, 0.25) is 0 Å². The molecule has 0 radical (unpaired) electrons.